The van der Waals surface area contributed by atoms with Crippen LogP contribution in [0.2, 0.25) is 0 Å². The number of aromatic amines is 1. The molecule has 0 aromatic carbocycles. The second kappa shape index (κ2) is 3.97. The van der Waals surface area contributed by atoms with Gasteiger partial charge in [0.1, 0.15) is 5.69 Å². The highest BCUT2D eigenvalue weighted by Crippen LogP contribution is 2.09. The van der Waals surface area contributed by atoms with Crippen LogP contribution in [0.5, 0.6) is 0 Å². The minimum atomic E-state index is -0.479. The maximum atomic E-state index is 11.6. The first-order chi connectivity index (χ1) is 7.65. The normalized spacial score (nSPS) is 10.1. The average Bonchev–Trinajstić information content (AvgIpc) is 2.65. The summed E-state index contributed by atoms with van der Waals surface area (Å²) in [7, 11) is 0. The van der Waals surface area contributed by atoms with Crippen molar-refractivity contribution in [3.05, 3.63) is 39.9 Å². The van der Waals surface area contributed by atoms with E-state index in [1.165, 1.54) is 12.1 Å². The number of carbonyl (C=O) groups is 1. The molecule has 2 aromatic heterocycles. The number of aryl methyl sites for hydroxylation is 1. The van der Waals surface area contributed by atoms with Crippen LogP contribution < -0.4 is 10.9 Å². The van der Waals surface area contributed by atoms with Gasteiger partial charge in [0.15, 0.2) is 0 Å². The summed E-state index contributed by atoms with van der Waals surface area (Å²) in [5.74, 6) is -0.247. The van der Waals surface area contributed by atoms with Crippen molar-refractivity contribution in [2.45, 2.75) is 6.92 Å². The van der Waals surface area contributed by atoms with Crippen LogP contribution in [0.25, 0.3) is 0 Å². The van der Waals surface area contributed by atoms with E-state index in [1.54, 1.807) is 13.0 Å². The van der Waals surface area contributed by atoms with E-state index in [0.717, 1.165) is 0 Å². The monoisotopic (exact) mass is 220 g/mol. The highest BCUT2D eigenvalue weighted by Gasteiger charge is 2.10. The van der Waals surface area contributed by atoms with Crippen molar-refractivity contribution in [3.63, 3.8) is 0 Å². The number of H-pyrrole nitrogens is 1. The van der Waals surface area contributed by atoms with Gasteiger partial charge in [-0.05, 0) is 13.0 Å². The molecule has 7 heteroatoms. The average molecular weight is 220 g/mol. The highest BCUT2D eigenvalue weighted by molar-refractivity contribution is 6.01. The highest BCUT2D eigenvalue weighted by atomic mass is 16.5. The van der Waals surface area contributed by atoms with Crippen molar-refractivity contribution >= 4 is 11.8 Å². The zero-order valence-corrected chi connectivity index (χ0v) is 8.35. The molecule has 0 spiro atoms. The van der Waals surface area contributed by atoms with E-state index in [1.807, 2.05) is 0 Å². The zero-order valence-electron chi connectivity index (χ0n) is 8.35. The lowest BCUT2D eigenvalue weighted by molar-refractivity contribution is 0.101. The maximum absolute atomic E-state index is 11.6. The SMILES string of the molecule is Cc1cc(NC(=O)c2ccc(=O)[nH]n2)on1. The van der Waals surface area contributed by atoms with Crippen LogP contribution in [-0.2, 0) is 0 Å². The Kier molecular flexibility index (Phi) is 2.50. The molecule has 16 heavy (non-hydrogen) atoms. The molecule has 0 atom stereocenters. The third-order valence-corrected chi connectivity index (χ3v) is 1.78. The third-order valence-electron chi connectivity index (χ3n) is 1.78. The number of hydrogen-bond acceptors (Lipinski definition) is 5. The van der Waals surface area contributed by atoms with E-state index in [2.05, 4.69) is 20.7 Å². The number of nitrogens with zero attached hydrogens (tertiary/aromatic N) is 2. The molecule has 0 bridgehead atoms. The minimum Gasteiger partial charge on any atom is -0.338 e. The van der Waals surface area contributed by atoms with E-state index >= 15 is 0 Å². The first kappa shape index (κ1) is 10.1. The van der Waals surface area contributed by atoms with Crippen LogP contribution in [-0.4, -0.2) is 21.3 Å². The summed E-state index contributed by atoms with van der Waals surface area (Å²) >= 11 is 0. The quantitative estimate of drug-likeness (QED) is 0.758. The van der Waals surface area contributed by atoms with Crippen molar-refractivity contribution in [1.29, 1.82) is 0 Å². The van der Waals surface area contributed by atoms with Crippen LogP contribution in [0.3, 0.4) is 0 Å². The van der Waals surface area contributed by atoms with Crippen LogP contribution in [0.1, 0.15) is 16.2 Å². The van der Waals surface area contributed by atoms with Gasteiger partial charge in [0.2, 0.25) is 5.88 Å². The lowest BCUT2D eigenvalue weighted by atomic mass is 10.3. The molecule has 2 heterocycles. The van der Waals surface area contributed by atoms with Gasteiger partial charge in [-0.2, -0.15) is 5.10 Å². The molecule has 0 aliphatic rings. The molecule has 0 aliphatic heterocycles. The summed E-state index contributed by atoms with van der Waals surface area (Å²) in [4.78, 5) is 22.3. The Bertz CT molecular complexity index is 552. The van der Waals surface area contributed by atoms with Crippen LogP contribution >= 0.6 is 0 Å². The number of nitrogens with one attached hydrogen (secondary N) is 2. The first-order valence-corrected chi connectivity index (χ1v) is 4.45. The van der Waals surface area contributed by atoms with Gasteiger partial charge >= 0.3 is 0 Å². The lowest BCUT2D eigenvalue weighted by Crippen LogP contribution is -2.17. The van der Waals surface area contributed by atoms with Gasteiger partial charge < -0.3 is 4.52 Å². The molecule has 7 nitrogen and oxygen atoms in total. The van der Waals surface area contributed by atoms with Crippen molar-refractivity contribution in [2.24, 2.45) is 0 Å². The van der Waals surface area contributed by atoms with Crippen molar-refractivity contribution < 1.29 is 9.32 Å². The summed E-state index contributed by atoms with van der Waals surface area (Å²) in [6.45, 7) is 1.73. The van der Waals surface area contributed by atoms with Crippen molar-refractivity contribution in [1.82, 2.24) is 15.4 Å². The Morgan fingerprint density at radius 3 is 2.88 bits per heavy atom. The van der Waals surface area contributed by atoms with Gasteiger partial charge in [-0.1, -0.05) is 5.16 Å². The number of aromatic nitrogens is 3. The number of carbonyl (C=O) groups excluding carboxylic acids is 1. The first-order valence-electron chi connectivity index (χ1n) is 4.45. The summed E-state index contributed by atoms with van der Waals surface area (Å²) in [5.41, 5.74) is 0.380. The second-order valence-electron chi connectivity index (χ2n) is 3.09. The molecule has 0 aliphatic carbocycles. The molecular formula is C9H8N4O3. The Labute approximate surface area is 89.5 Å². The number of rotatable bonds is 2. The number of amides is 1. The smallest absolute Gasteiger partial charge is 0.278 e. The fourth-order valence-corrected chi connectivity index (χ4v) is 1.07. The van der Waals surface area contributed by atoms with Crippen molar-refractivity contribution in [3.8, 4) is 0 Å². The zero-order chi connectivity index (χ0) is 11.5. The molecule has 1 amide bonds. The Hall–Kier alpha value is -2.44. The molecule has 0 fully saturated rings. The second-order valence-corrected chi connectivity index (χ2v) is 3.09. The molecule has 82 valence electrons. The predicted molar refractivity (Wildman–Crippen MR) is 54.1 cm³/mol. The fourth-order valence-electron chi connectivity index (χ4n) is 1.07. The van der Waals surface area contributed by atoms with Gasteiger partial charge in [0.25, 0.3) is 11.5 Å². The summed E-state index contributed by atoms with van der Waals surface area (Å²) in [6.07, 6.45) is 0. The van der Waals surface area contributed by atoms with Gasteiger partial charge in [-0.25, -0.2) is 5.10 Å². The predicted octanol–water partition coefficient (Wildman–Crippen LogP) is 0.319. The van der Waals surface area contributed by atoms with E-state index in [9.17, 15) is 9.59 Å². The van der Waals surface area contributed by atoms with E-state index < -0.39 is 5.91 Å². The van der Waals surface area contributed by atoms with Gasteiger partial charge in [0.05, 0.1) is 5.69 Å². The summed E-state index contributed by atoms with van der Waals surface area (Å²) in [5, 5.41) is 11.8. The third kappa shape index (κ3) is 2.14. The van der Waals surface area contributed by atoms with Crippen molar-refractivity contribution in [2.75, 3.05) is 5.32 Å². The summed E-state index contributed by atoms with van der Waals surface area (Å²) < 4.78 is 4.80. The molecule has 2 rings (SSSR count). The Morgan fingerprint density at radius 2 is 2.31 bits per heavy atom. The largest absolute Gasteiger partial charge is 0.338 e. The minimum absolute atomic E-state index is 0.0913. The van der Waals surface area contributed by atoms with Crippen LogP contribution in [0.4, 0.5) is 5.88 Å². The summed E-state index contributed by atoms with van der Waals surface area (Å²) in [6, 6.07) is 4.11. The maximum Gasteiger partial charge on any atom is 0.278 e. The molecular weight excluding hydrogens is 212 g/mol. The van der Waals surface area contributed by atoms with Crippen LogP contribution in [0, 0.1) is 6.92 Å². The molecule has 0 saturated carbocycles. The molecule has 2 N–H and O–H groups in total. The molecule has 0 saturated heterocycles. The molecule has 0 unspecified atom stereocenters. The fraction of sp³-hybridized carbons (Fsp3) is 0.111. The van der Waals surface area contributed by atoms with E-state index in [4.69, 9.17) is 4.52 Å². The Morgan fingerprint density at radius 1 is 1.50 bits per heavy atom. The van der Waals surface area contributed by atoms with Gasteiger partial charge in [-0.15, -0.1) is 0 Å². The molecule has 2 aromatic rings. The standard InChI is InChI=1S/C9H8N4O3/c1-5-4-8(16-13-5)10-9(15)6-2-3-7(14)12-11-6/h2-4H,1H3,(H,10,15)(H,12,14). The molecule has 0 radical (unpaired) electrons. The van der Waals surface area contributed by atoms with E-state index in [0.29, 0.717) is 5.69 Å². The Balaban J connectivity index is 2.14. The van der Waals surface area contributed by atoms with Crippen LogP contribution in [0.15, 0.2) is 27.5 Å². The lowest BCUT2D eigenvalue weighted by Gasteiger charge is -1.98. The van der Waals surface area contributed by atoms with Gasteiger partial charge in [-0.3, -0.25) is 14.9 Å². The number of hydrogen-bond donors (Lipinski definition) is 2. The topological polar surface area (TPSA) is 101 Å². The number of anilines is 1. The van der Waals surface area contributed by atoms with Gasteiger partial charge in [0, 0.05) is 12.1 Å². The van der Waals surface area contributed by atoms with E-state index in [-0.39, 0.29) is 17.1 Å².